The highest BCUT2D eigenvalue weighted by atomic mass is 35.5. The van der Waals surface area contributed by atoms with Crippen LogP contribution in [-0.2, 0) is 16.1 Å². The van der Waals surface area contributed by atoms with Gasteiger partial charge in [0.2, 0.25) is 5.88 Å². The zero-order valence-electron chi connectivity index (χ0n) is 20.1. The molecule has 2 aromatic rings. The van der Waals surface area contributed by atoms with E-state index in [-0.39, 0.29) is 35.4 Å². The van der Waals surface area contributed by atoms with Crippen molar-refractivity contribution in [2.75, 3.05) is 25.0 Å². The number of rotatable bonds is 11. The van der Waals surface area contributed by atoms with Crippen LogP contribution >= 0.6 is 23.2 Å². The highest BCUT2D eigenvalue weighted by Crippen LogP contribution is 2.26. The summed E-state index contributed by atoms with van der Waals surface area (Å²) in [4.78, 5) is 41.9. The van der Waals surface area contributed by atoms with Gasteiger partial charge in [-0.3, -0.25) is 4.79 Å². The maximum absolute atomic E-state index is 12.7. The summed E-state index contributed by atoms with van der Waals surface area (Å²) < 4.78 is 5.68. The zero-order chi connectivity index (χ0) is 25.9. The summed E-state index contributed by atoms with van der Waals surface area (Å²) in [6.45, 7) is 4.57. The number of benzene rings is 1. The molecule has 1 fully saturated rings. The third-order valence-corrected chi connectivity index (χ3v) is 6.31. The Morgan fingerprint density at radius 2 is 2.03 bits per heavy atom. The Balaban J connectivity index is 1.46. The number of piperidine rings is 1. The van der Waals surface area contributed by atoms with Crippen LogP contribution in [0.4, 0.5) is 10.5 Å². The SMILES string of the molecule is CCC(Oc1ncc(Cl)cc1Cl)C(=O)NCc1cccc(NC(=O)NC2CCN(CCC=O)CC2)c1. The number of amides is 3. The van der Waals surface area contributed by atoms with Crippen LogP contribution in [0.2, 0.25) is 10.0 Å². The molecule has 0 saturated carbocycles. The number of hydrogen-bond acceptors (Lipinski definition) is 6. The number of anilines is 1. The topological polar surface area (TPSA) is 113 Å². The van der Waals surface area contributed by atoms with E-state index in [2.05, 4.69) is 25.8 Å². The van der Waals surface area contributed by atoms with E-state index in [0.29, 0.717) is 23.6 Å². The van der Waals surface area contributed by atoms with Crippen molar-refractivity contribution in [2.45, 2.75) is 51.3 Å². The number of ether oxygens (including phenoxy) is 1. The Morgan fingerprint density at radius 3 is 2.72 bits per heavy atom. The third-order valence-electron chi connectivity index (χ3n) is 5.83. The molecule has 3 amide bonds. The van der Waals surface area contributed by atoms with Crippen LogP contribution in [0.25, 0.3) is 0 Å². The fourth-order valence-corrected chi connectivity index (χ4v) is 4.32. The summed E-state index contributed by atoms with van der Waals surface area (Å²) >= 11 is 12.0. The van der Waals surface area contributed by atoms with Gasteiger partial charge >= 0.3 is 6.03 Å². The minimum Gasteiger partial charge on any atom is -0.463 e. The van der Waals surface area contributed by atoms with Crippen molar-refractivity contribution in [3.8, 4) is 5.88 Å². The van der Waals surface area contributed by atoms with E-state index in [1.54, 1.807) is 12.1 Å². The van der Waals surface area contributed by atoms with Crippen molar-refractivity contribution in [3.05, 3.63) is 52.1 Å². The van der Waals surface area contributed by atoms with Crippen LogP contribution in [0.15, 0.2) is 36.5 Å². The second-order valence-electron chi connectivity index (χ2n) is 8.54. The number of carbonyl (C=O) groups excluding carboxylic acids is 3. The number of halogens is 2. The van der Waals surface area contributed by atoms with Crippen molar-refractivity contribution < 1.29 is 19.1 Å². The van der Waals surface area contributed by atoms with Crippen LogP contribution in [-0.4, -0.2) is 59.9 Å². The average molecular weight is 536 g/mol. The number of aromatic nitrogens is 1. The Hall–Kier alpha value is -2.88. The lowest BCUT2D eigenvalue weighted by Crippen LogP contribution is -2.46. The molecule has 1 aliphatic heterocycles. The smallest absolute Gasteiger partial charge is 0.319 e. The van der Waals surface area contributed by atoms with Crippen LogP contribution in [0.5, 0.6) is 5.88 Å². The summed E-state index contributed by atoms with van der Waals surface area (Å²) in [5, 5.41) is 9.33. The van der Waals surface area contributed by atoms with Crippen LogP contribution in [0.3, 0.4) is 0 Å². The summed E-state index contributed by atoms with van der Waals surface area (Å²) in [5.74, 6) is -0.159. The number of nitrogens with one attached hydrogen (secondary N) is 3. The molecule has 1 aromatic carbocycles. The number of nitrogens with zero attached hydrogens (tertiary/aromatic N) is 2. The fourth-order valence-electron chi connectivity index (χ4n) is 3.90. The molecular weight excluding hydrogens is 505 g/mol. The zero-order valence-corrected chi connectivity index (χ0v) is 21.6. The molecule has 0 radical (unpaired) electrons. The lowest BCUT2D eigenvalue weighted by molar-refractivity contribution is -0.128. The van der Waals surface area contributed by atoms with E-state index in [0.717, 1.165) is 44.3 Å². The van der Waals surface area contributed by atoms with Gasteiger partial charge < -0.3 is 30.4 Å². The van der Waals surface area contributed by atoms with Crippen LogP contribution in [0, 0.1) is 0 Å². The first-order valence-electron chi connectivity index (χ1n) is 12.0. The minimum absolute atomic E-state index is 0.0922. The van der Waals surface area contributed by atoms with Crippen molar-refractivity contribution in [1.82, 2.24) is 20.5 Å². The largest absolute Gasteiger partial charge is 0.463 e. The van der Waals surface area contributed by atoms with E-state index in [1.165, 1.54) is 12.3 Å². The average Bonchev–Trinajstić information content (AvgIpc) is 2.86. The van der Waals surface area contributed by atoms with Crippen molar-refractivity contribution >= 4 is 47.1 Å². The van der Waals surface area contributed by atoms with Gasteiger partial charge in [0.05, 0.1) is 5.02 Å². The van der Waals surface area contributed by atoms with Gasteiger partial charge in [0.15, 0.2) is 6.10 Å². The monoisotopic (exact) mass is 535 g/mol. The number of likely N-dealkylation sites (tertiary alicyclic amines) is 1. The minimum atomic E-state index is -0.770. The fraction of sp³-hybridized carbons (Fsp3) is 0.440. The number of pyridine rings is 1. The molecule has 1 atom stereocenters. The first kappa shape index (κ1) is 27.7. The normalized spacial score (nSPS) is 15.1. The Bertz CT molecular complexity index is 1050. The van der Waals surface area contributed by atoms with Gasteiger partial charge in [-0.25, -0.2) is 9.78 Å². The molecule has 9 nitrogen and oxygen atoms in total. The molecule has 0 bridgehead atoms. The second kappa shape index (κ2) is 14.0. The summed E-state index contributed by atoms with van der Waals surface area (Å²) in [6, 6.07) is 8.60. The molecule has 2 heterocycles. The maximum Gasteiger partial charge on any atom is 0.319 e. The molecule has 1 saturated heterocycles. The quantitative estimate of drug-likeness (QED) is 0.374. The molecule has 3 N–H and O–H groups in total. The van der Waals surface area contributed by atoms with Crippen molar-refractivity contribution in [2.24, 2.45) is 0 Å². The highest BCUT2D eigenvalue weighted by molar-refractivity contribution is 6.35. The third kappa shape index (κ3) is 8.65. The van der Waals surface area contributed by atoms with Crippen molar-refractivity contribution in [1.29, 1.82) is 0 Å². The molecule has 194 valence electrons. The molecule has 0 aliphatic carbocycles. The van der Waals surface area contributed by atoms with Gasteiger partial charge in [0.25, 0.3) is 5.91 Å². The van der Waals surface area contributed by atoms with E-state index in [1.807, 2.05) is 19.1 Å². The molecule has 1 aliphatic rings. The van der Waals surface area contributed by atoms with Gasteiger partial charge in [-0.2, -0.15) is 0 Å². The van der Waals surface area contributed by atoms with E-state index < -0.39 is 6.10 Å². The lowest BCUT2D eigenvalue weighted by Gasteiger charge is -2.31. The molecule has 1 unspecified atom stereocenters. The predicted octanol–water partition coefficient (Wildman–Crippen LogP) is 4.04. The van der Waals surface area contributed by atoms with Gasteiger partial charge in [-0.15, -0.1) is 0 Å². The lowest BCUT2D eigenvalue weighted by atomic mass is 10.1. The van der Waals surface area contributed by atoms with E-state index >= 15 is 0 Å². The number of carbonyl (C=O) groups is 3. The maximum atomic E-state index is 12.7. The molecular formula is C25H31Cl2N5O4. The summed E-state index contributed by atoms with van der Waals surface area (Å²) in [6.07, 6.45) is 4.21. The Labute approximate surface area is 220 Å². The van der Waals surface area contributed by atoms with Crippen molar-refractivity contribution in [3.63, 3.8) is 0 Å². The summed E-state index contributed by atoms with van der Waals surface area (Å²) in [7, 11) is 0. The van der Waals surface area contributed by atoms with Gasteiger partial charge in [0.1, 0.15) is 11.3 Å². The highest BCUT2D eigenvalue weighted by Gasteiger charge is 2.21. The molecule has 0 spiro atoms. The van der Waals surface area contributed by atoms with Crippen LogP contribution in [0.1, 0.15) is 38.2 Å². The van der Waals surface area contributed by atoms with E-state index in [4.69, 9.17) is 27.9 Å². The van der Waals surface area contributed by atoms with Gasteiger partial charge in [-0.1, -0.05) is 42.3 Å². The van der Waals surface area contributed by atoms with Crippen LogP contribution < -0.4 is 20.7 Å². The number of aldehydes is 1. The molecule has 11 heteroatoms. The van der Waals surface area contributed by atoms with E-state index in [9.17, 15) is 14.4 Å². The van der Waals surface area contributed by atoms with Gasteiger partial charge in [0, 0.05) is 50.5 Å². The molecule has 36 heavy (non-hydrogen) atoms. The molecule has 1 aromatic heterocycles. The van der Waals surface area contributed by atoms with Gasteiger partial charge in [-0.05, 0) is 43.0 Å². The first-order chi connectivity index (χ1) is 17.4. The summed E-state index contributed by atoms with van der Waals surface area (Å²) in [5.41, 5.74) is 1.45. The Kier molecular flexibility index (Phi) is 10.8. The molecule has 3 rings (SSSR count). The first-order valence-corrected chi connectivity index (χ1v) is 12.7. The Morgan fingerprint density at radius 1 is 1.25 bits per heavy atom. The number of urea groups is 1. The second-order valence-corrected chi connectivity index (χ2v) is 9.39. The standard InChI is InChI=1S/C25H31Cl2N5O4/c1-2-22(36-24-21(27)14-18(26)16-29-24)23(34)28-15-17-5-3-6-20(13-17)31-25(35)30-19-7-10-32(11-8-19)9-4-12-33/h3,5-6,12-14,16,19,22H,2,4,7-11,15H2,1H3,(H,28,34)(H2,30,31,35). The predicted molar refractivity (Wildman–Crippen MR) is 140 cm³/mol. The number of hydrogen-bond donors (Lipinski definition) is 3.